The zero-order valence-electron chi connectivity index (χ0n) is 17.0. The number of aromatic nitrogens is 2. The van der Waals surface area contributed by atoms with Crippen molar-refractivity contribution in [3.8, 4) is 11.8 Å². The van der Waals surface area contributed by atoms with Gasteiger partial charge in [-0.2, -0.15) is 0 Å². The minimum Gasteiger partial charge on any atom is -0.378 e. The Morgan fingerprint density at radius 3 is 2.89 bits per heavy atom. The molecule has 3 rings (SSSR count). The molecule has 1 aromatic carbocycles. The van der Waals surface area contributed by atoms with Crippen LogP contribution in [-0.2, 0) is 6.54 Å². The summed E-state index contributed by atoms with van der Waals surface area (Å²) in [5.74, 6) is 6.84. The number of benzene rings is 1. The van der Waals surface area contributed by atoms with Crippen LogP contribution in [0.15, 0.2) is 36.7 Å². The zero-order valence-corrected chi connectivity index (χ0v) is 17.0. The number of carbonyl (C=O) groups is 1. The summed E-state index contributed by atoms with van der Waals surface area (Å²) >= 11 is 0. The predicted molar refractivity (Wildman–Crippen MR) is 110 cm³/mol. The molecule has 5 nitrogen and oxygen atoms in total. The van der Waals surface area contributed by atoms with Gasteiger partial charge in [0.25, 0.3) is 5.91 Å². The largest absolute Gasteiger partial charge is 0.378 e. The molecular formula is C23H29N3O2. The molecule has 1 amide bonds. The topological polar surface area (TPSA) is 58.4 Å². The summed E-state index contributed by atoms with van der Waals surface area (Å²) in [6.07, 6.45) is 7.99. The molecule has 2 heterocycles. The average molecular weight is 380 g/mol. The number of hydrogen-bond acceptors (Lipinski definition) is 3. The van der Waals surface area contributed by atoms with Crippen molar-refractivity contribution >= 4 is 5.91 Å². The second-order valence-corrected chi connectivity index (χ2v) is 7.99. The minimum atomic E-state index is -1.05. The molecule has 1 aromatic heterocycles. The first-order valence-electron chi connectivity index (χ1n) is 9.98. The molecule has 1 atom stereocenters. The Morgan fingerprint density at radius 2 is 2.18 bits per heavy atom. The Kier molecular flexibility index (Phi) is 6.21. The summed E-state index contributed by atoms with van der Waals surface area (Å²) in [6, 6.07) is 7.64. The number of hydrogen-bond donors (Lipinski definition) is 1. The van der Waals surface area contributed by atoms with Crippen molar-refractivity contribution < 1.29 is 9.90 Å². The van der Waals surface area contributed by atoms with Crippen LogP contribution >= 0.6 is 0 Å². The summed E-state index contributed by atoms with van der Waals surface area (Å²) in [5, 5.41) is 9.80. The van der Waals surface area contributed by atoms with Crippen LogP contribution in [0.3, 0.4) is 0 Å². The molecule has 28 heavy (non-hydrogen) atoms. The molecule has 0 spiro atoms. The summed E-state index contributed by atoms with van der Waals surface area (Å²) in [4.78, 5) is 19.5. The lowest BCUT2D eigenvalue weighted by molar-refractivity contribution is 0.0595. The van der Waals surface area contributed by atoms with Crippen molar-refractivity contribution in [1.29, 1.82) is 0 Å². The van der Waals surface area contributed by atoms with Crippen molar-refractivity contribution in [1.82, 2.24) is 14.5 Å². The maximum absolute atomic E-state index is 13.2. The first kappa shape index (κ1) is 20.2. The van der Waals surface area contributed by atoms with Gasteiger partial charge in [0.2, 0.25) is 0 Å². The van der Waals surface area contributed by atoms with Gasteiger partial charge in [0.1, 0.15) is 11.4 Å². The average Bonchev–Trinajstić information content (AvgIpc) is 3.09. The number of amides is 1. The second kappa shape index (κ2) is 8.62. The highest BCUT2D eigenvalue weighted by Gasteiger charge is 2.27. The van der Waals surface area contributed by atoms with Gasteiger partial charge in [0.15, 0.2) is 0 Å². The van der Waals surface area contributed by atoms with Crippen molar-refractivity contribution in [2.75, 3.05) is 6.54 Å². The van der Waals surface area contributed by atoms with E-state index >= 15 is 0 Å². The summed E-state index contributed by atoms with van der Waals surface area (Å²) < 4.78 is 2.14. The maximum Gasteiger partial charge on any atom is 0.254 e. The van der Waals surface area contributed by atoms with Crippen molar-refractivity contribution in [2.24, 2.45) is 0 Å². The minimum absolute atomic E-state index is 0.0685. The monoisotopic (exact) mass is 379 g/mol. The van der Waals surface area contributed by atoms with E-state index in [4.69, 9.17) is 0 Å². The maximum atomic E-state index is 13.2. The van der Waals surface area contributed by atoms with Crippen molar-refractivity contribution in [3.05, 3.63) is 53.6 Å². The normalized spacial score (nSPS) is 17.1. The van der Waals surface area contributed by atoms with Gasteiger partial charge >= 0.3 is 0 Å². The van der Waals surface area contributed by atoms with E-state index in [-0.39, 0.29) is 11.9 Å². The van der Waals surface area contributed by atoms with Crippen LogP contribution in [0.25, 0.3) is 0 Å². The Hall–Kier alpha value is -2.58. The van der Waals surface area contributed by atoms with E-state index in [1.807, 2.05) is 48.5 Å². The Morgan fingerprint density at radius 1 is 1.36 bits per heavy atom. The fourth-order valence-electron chi connectivity index (χ4n) is 3.62. The fraction of sp³-hybridized carbons (Fsp3) is 0.478. The zero-order chi connectivity index (χ0) is 20.1. The van der Waals surface area contributed by atoms with Crippen LogP contribution in [0, 0.1) is 18.8 Å². The number of imidazole rings is 1. The SMILES string of the molecule is Cc1nccn1CCC1CCCCN1C(=O)c1cccc(C#CC(C)(C)O)c1. The van der Waals surface area contributed by atoms with Crippen LogP contribution in [0.1, 0.15) is 61.3 Å². The van der Waals surface area contributed by atoms with Crippen LogP contribution in [0.4, 0.5) is 0 Å². The molecule has 1 aliphatic heterocycles. The highest BCUT2D eigenvalue weighted by atomic mass is 16.3. The number of piperidine rings is 1. The van der Waals surface area contributed by atoms with E-state index in [2.05, 4.69) is 21.4 Å². The lowest BCUT2D eigenvalue weighted by Crippen LogP contribution is -2.44. The highest BCUT2D eigenvalue weighted by molar-refractivity contribution is 5.94. The van der Waals surface area contributed by atoms with E-state index < -0.39 is 5.60 Å². The molecular weight excluding hydrogens is 350 g/mol. The molecule has 5 heteroatoms. The second-order valence-electron chi connectivity index (χ2n) is 7.99. The Bertz CT molecular complexity index is 883. The van der Waals surface area contributed by atoms with Crippen LogP contribution < -0.4 is 0 Å². The van der Waals surface area contributed by atoms with Gasteiger partial charge in [0, 0.05) is 42.7 Å². The van der Waals surface area contributed by atoms with Crippen LogP contribution in [-0.4, -0.2) is 43.7 Å². The number of carbonyl (C=O) groups excluding carboxylic acids is 1. The van der Waals surface area contributed by atoms with Gasteiger partial charge in [-0.15, -0.1) is 0 Å². The molecule has 2 aromatic rings. The number of aliphatic hydroxyl groups is 1. The standard InChI is InChI=1S/C23H29N3O2/c1-18-24-13-16-25(18)15-11-21-9-4-5-14-26(21)22(27)20-8-6-7-19(17-20)10-12-23(2,3)28/h6-8,13,16-17,21,28H,4-5,9,11,14-15H2,1-3H3. The fourth-order valence-corrected chi connectivity index (χ4v) is 3.62. The molecule has 1 fully saturated rings. The quantitative estimate of drug-likeness (QED) is 0.829. The van der Waals surface area contributed by atoms with Gasteiger partial charge in [-0.1, -0.05) is 17.9 Å². The molecule has 1 aliphatic rings. The van der Waals surface area contributed by atoms with E-state index in [1.54, 1.807) is 13.8 Å². The number of aryl methyl sites for hydroxylation is 2. The number of rotatable bonds is 4. The number of nitrogens with zero attached hydrogens (tertiary/aromatic N) is 3. The molecule has 1 unspecified atom stereocenters. The summed E-state index contributed by atoms with van der Waals surface area (Å²) in [7, 11) is 0. The van der Waals surface area contributed by atoms with Gasteiger partial charge in [-0.05, 0) is 64.7 Å². The molecule has 0 bridgehead atoms. The Labute approximate surface area is 167 Å². The lowest BCUT2D eigenvalue weighted by atomic mass is 9.97. The molecule has 0 aliphatic carbocycles. The molecule has 148 valence electrons. The number of likely N-dealkylation sites (tertiary alicyclic amines) is 1. The first-order valence-corrected chi connectivity index (χ1v) is 9.98. The van der Waals surface area contributed by atoms with Gasteiger partial charge < -0.3 is 14.6 Å². The van der Waals surface area contributed by atoms with E-state index in [0.29, 0.717) is 5.56 Å². The molecule has 0 saturated carbocycles. The van der Waals surface area contributed by atoms with Gasteiger partial charge in [-0.25, -0.2) is 4.98 Å². The third-order valence-corrected chi connectivity index (χ3v) is 5.14. The lowest BCUT2D eigenvalue weighted by Gasteiger charge is -2.36. The van der Waals surface area contributed by atoms with Crippen LogP contribution in [0.5, 0.6) is 0 Å². The first-order chi connectivity index (χ1) is 13.3. The molecule has 0 radical (unpaired) electrons. The highest BCUT2D eigenvalue weighted by Crippen LogP contribution is 2.23. The van der Waals surface area contributed by atoms with Gasteiger partial charge in [-0.3, -0.25) is 4.79 Å². The van der Waals surface area contributed by atoms with E-state index in [0.717, 1.165) is 50.2 Å². The van der Waals surface area contributed by atoms with Crippen LogP contribution in [0.2, 0.25) is 0 Å². The van der Waals surface area contributed by atoms with E-state index in [1.165, 1.54) is 0 Å². The molecule has 1 saturated heterocycles. The Balaban J connectivity index is 1.73. The smallest absolute Gasteiger partial charge is 0.254 e. The van der Waals surface area contributed by atoms with Crippen molar-refractivity contribution in [3.63, 3.8) is 0 Å². The predicted octanol–water partition coefficient (Wildman–Crippen LogP) is 3.40. The summed E-state index contributed by atoms with van der Waals surface area (Å²) in [6.45, 7) is 6.97. The molecule has 1 N–H and O–H groups in total. The third-order valence-electron chi connectivity index (χ3n) is 5.14. The van der Waals surface area contributed by atoms with Crippen molar-refractivity contribution in [2.45, 2.75) is 64.6 Å². The van der Waals surface area contributed by atoms with Gasteiger partial charge in [0.05, 0.1) is 0 Å². The third kappa shape index (κ3) is 5.24. The van der Waals surface area contributed by atoms with E-state index in [9.17, 15) is 9.90 Å². The summed E-state index contributed by atoms with van der Waals surface area (Å²) in [5.41, 5.74) is 0.354.